The lowest BCUT2D eigenvalue weighted by Crippen LogP contribution is -2.84. The quantitative estimate of drug-likeness (QED) is 0.810. The maximum atomic E-state index is 11.4. The fraction of sp³-hybridized carbons (Fsp3) is 0.727. The zero-order chi connectivity index (χ0) is 19.5. The number of rotatable bonds is 3. The van der Waals surface area contributed by atoms with Crippen molar-refractivity contribution in [3.8, 4) is 11.5 Å². The van der Waals surface area contributed by atoms with Crippen LogP contribution in [0.1, 0.15) is 30.4 Å². The van der Waals surface area contributed by atoms with E-state index in [9.17, 15) is 10.2 Å². The predicted molar refractivity (Wildman–Crippen MR) is 102 cm³/mol. The maximum Gasteiger partial charge on any atom is 0.165 e. The zero-order valence-corrected chi connectivity index (χ0v) is 16.8. The second-order valence-corrected chi connectivity index (χ2v) is 9.57. The molecule has 2 N–H and O–H groups in total. The lowest BCUT2D eigenvalue weighted by atomic mass is 9.34. The summed E-state index contributed by atoms with van der Waals surface area (Å²) in [5, 5.41) is 21.7. The Labute approximate surface area is 165 Å². The molecule has 7 atom stereocenters. The normalized spacial score (nSPS) is 47.6. The third-order valence-electron chi connectivity index (χ3n) is 9.20. The van der Waals surface area contributed by atoms with E-state index in [-0.39, 0.29) is 29.5 Å². The van der Waals surface area contributed by atoms with E-state index in [0.717, 1.165) is 37.3 Å². The molecular weight excluding hydrogens is 358 g/mol. The number of aliphatic hydroxyl groups excluding tert-OH is 2. The van der Waals surface area contributed by atoms with Crippen molar-refractivity contribution in [1.82, 2.24) is 4.90 Å². The van der Waals surface area contributed by atoms with Gasteiger partial charge in [-0.05, 0) is 50.9 Å². The second kappa shape index (κ2) is 5.22. The first-order chi connectivity index (χ1) is 13.5. The average Bonchev–Trinajstić information content (AvgIpc) is 3.06. The molecule has 7 rings (SSSR count). The molecular formula is C22H29NO5. The zero-order valence-electron chi connectivity index (χ0n) is 16.8. The summed E-state index contributed by atoms with van der Waals surface area (Å²) in [6.45, 7) is 1.00. The first-order valence-corrected chi connectivity index (χ1v) is 10.4. The van der Waals surface area contributed by atoms with Crippen molar-refractivity contribution in [2.24, 2.45) is 11.3 Å². The summed E-state index contributed by atoms with van der Waals surface area (Å²) in [6, 6.07) is 4.54. The Morgan fingerprint density at radius 1 is 1.29 bits per heavy atom. The first-order valence-electron chi connectivity index (χ1n) is 10.4. The van der Waals surface area contributed by atoms with Gasteiger partial charge in [0.15, 0.2) is 11.5 Å². The molecule has 0 radical (unpaired) electrons. The topological polar surface area (TPSA) is 71.4 Å². The van der Waals surface area contributed by atoms with Crippen LogP contribution in [0.5, 0.6) is 11.5 Å². The highest BCUT2D eigenvalue weighted by atomic mass is 16.6. The van der Waals surface area contributed by atoms with E-state index in [2.05, 4.69) is 18.0 Å². The first kappa shape index (κ1) is 17.5. The summed E-state index contributed by atoms with van der Waals surface area (Å²) < 4.78 is 18.5. The van der Waals surface area contributed by atoms with Gasteiger partial charge in [-0.25, -0.2) is 0 Å². The molecule has 28 heavy (non-hydrogen) atoms. The molecule has 1 aromatic rings. The van der Waals surface area contributed by atoms with Crippen LogP contribution < -0.4 is 9.47 Å². The molecule has 0 amide bonds. The van der Waals surface area contributed by atoms with E-state index in [0.29, 0.717) is 12.5 Å². The maximum absolute atomic E-state index is 11.4. The number of likely N-dealkylation sites (N-methyl/N-ethyl adjacent to an activating group) is 1. The van der Waals surface area contributed by atoms with Crippen molar-refractivity contribution in [2.45, 2.75) is 54.9 Å². The molecule has 0 unspecified atom stereocenters. The number of nitrogens with zero attached hydrogens (tertiary/aromatic N) is 1. The molecule has 6 nitrogen and oxygen atoms in total. The van der Waals surface area contributed by atoms with Crippen molar-refractivity contribution in [3.05, 3.63) is 23.3 Å². The average molecular weight is 387 g/mol. The molecule has 4 bridgehead atoms. The number of methoxy groups -OCH3 is 2. The van der Waals surface area contributed by atoms with Gasteiger partial charge in [0.05, 0.1) is 13.2 Å². The van der Waals surface area contributed by atoms with Crippen LogP contribution in [0.15, 0.2) is 12.1 Å². The molecule has 2 heterocycles. The third kappa shape index (κ3) is 1.51. The van der Waals surface area contributed by atoms with Gasteiger partial charge in [0.2, 0.25) is 0 Å². The van der Waals surface area contributed by atoms with Gasteiger partial charge in [-0.15, -0.1) is 0 Å². The number of benzene rings is 1. The van der Waals surface area contributed by atoms with Gasteiger partial charge in [-0.3, -0.25) is 0 Å². The van der Waals surface area contributed by atoms with Crippen LogP contribution in [-0.4, -0.2) is 73.4 Å². The van der Waals surface area contributed by atoms with Crippen molar-refractivity contribution >= 4 is 0 Å². The number of fused-ring (bicyclic) bond motifs is 2. The number of hydrogen-bond donors (Lipinski definition) is 2. The van der Waals surface area contributed by atoms with E-state index < -0.39 is 11.7 Å². The van der Waals surface area contributed by atoms with Gasteiger partial charge in [0.25, 0.3) is 0 Å². The summed E-state index contributed by atoms with van der Waals surface area (Å²) in [5.74, 6) is 1.46. The number of hydrogen-bond acceptors (Lipinski definition) is 6. The van der Waals surface area contributed by atoms with Gasteiger partial charge in [-0.1, -0.05) is 6.07 Å². The minimum Gasteiger partial charge on any atom is -0.493 e. The molecule has 6 aliphatic rings. The van der Waals surface area contributed by atoms with Crippen molar-refractivity contribution in [1.29, 1.82) is 0 Å². The Balaban J connectivity index is 1.71. The monoisotopic (exact) mass is 387 g/mol. The van der Waals surface area contributed by atoms with Gasteiger partial charge in [0, 0.05) is 42.1 Å². The SMILES string of the molecule is COc1ccc2c3c1O[C@@H]1[C@]4(OC)[C@@H](CO)C[C@]5(C[C@H]4O)[C@@H](C2)N(C)CC[C@]315. The summed E-state index contributed by atoms with van der Waals surface area (Å²) in [6.07, 6.45) is 2.53. The fourth-order valence-corrected chi connectivity index (χ4v) is 8.27. The Bertz CT molecular complexity index is 860. The number of aliphatic hydroxyl groups is 2. The van der Waals surface area contributed by atoms with Crippen LogP contribution in [0.2, 0.25) is 0 Å². The van der Waals surface area contributed by atoms with Crippen molar-refractivity contribution in [2.75, 3.05) is 34.4 Å². The van der Waals surface area contributed by atoms with E-state index >= 15 is 0 Å². The largest absolute Gasteiger partial charge is 0.493 e. The summed E-state index contributed by atoms with van der Waals surface area (Å²) in [5.41, 5.74) is 1.43. The summed E-state index contributed by atoms with van der Waals surface area (Å²) in [7, 11) is 5.56. The molecule has 2 aliphatic heterocycles. The van der Waals surface area contributed by atoms with Gasteiger partial charge < -0.3 is 29.3 Å². The highest BCUT2D eigenvalue weighted by molar-refractivity contribution is 5.63. The van der Waals surface area contributed by atoms with Gasteiger partial charge >= 0.3 is 0 Å². The molecule has 3 saturated carbocycles. The lowest BCUT2D eigenvalue weighted by Gasteiger charge is -2.74. The number of ether oxygens (including phenoxy) is 3. The smallest absolute Gasteiger partial charge is 0.165 e. The summed E-state index contributed by atoms with van der Waals surface area (Å²) >= 11 is 0. The van der Waals surface area contributed by atoms with Crippen LogP contribution in [0.3, 0.4) is 0 Å². The van der Waals surface area contributed by atoms with Crippen LogP contribution >= 0.6 is 0 Å². The highest BCUT2D eigenvalue weighted by Gasteiger charge is 2.82. The molecule has 2 spiro atoms. The fourth-order valence-electron chi connectivity index (χ4n) is 8.27. The highest BCUT2D eigenvalue weighted by Crippen LogP contribution is 2.76. The van der Waals surface area contributed by atoms with Crippen molar-refractivity contribution in [3.63, 3.8) is 0 Å². The lowest BCUT2D eigenvalue weighted by molar-refractivity contribution is -0.317. The number of piperidine rings is 1. The Kier molecular flexibility index (Phi) is 3.27. The van der Waals surface area contributed by atoms with Crippen LogP contribution in [0.25, 0.3) is 0 Å². The van der Waals surface area contributed by atoms with E-state index in [1.165, 1.54) is 11.1 Å². The summed E-state index contributed by atoms with van der Waals surface area (Å²) in [4.78, 5) is 2.47. The molecule has 1 saturated heterocycles. The molecule has 152 valence electrons. The van der Waals surface area contributed by atoms with E-state index in [4.69, 9.17) is 14.2 Å². The van der Waals surface area contributed by atoms with Crippen LogP contribution in [-0.2, 0) is 16.6 Å². The van der Waals surface area contributed by atoms with Gasteiger partial charge in [-0.2, -0.15) is 0 Å². The van der Waals surface area contributed by atoms with E-state index in [1.54, 1.807) is 14.2 Å². The van der Waals surface area contributed by atoms with E-state index in [1.807, 2.05) is 6.07 Å². The van der Waals surface area contributed by atoms with Crippen LogP contribution in [0.4, 0.5) is 0 Å². The Morgan fingerprint density at radius 3 is 2.82 bits per heavy atom. The second-order valence-electron chi connectivity index (χ2n) is 9.57. The standard InChI is InChI=1S/C22H29NO5/c1-23-7-6-21-17-12-4-5-14(26-2)18(17)28-19(21)22(27-3)13(11-24)9-20(21,10-16(22)25)15(23)8-12/h4-5,13,15-16,19,24-25H,6-11H2,1-3H3/t13-,15-,16-,19+,20+,21+,22+/m1/s1. The predicted octanol–water partition coefficient (Wildman–Crippen LogP) is 1.10. The van der Waals surface area contributed by atoms with Gasteiger partial charge in [0.1, 0.15) is 11.7 Å². The Hall–Kier alpha value is -1.34. The minimum absolute atomic E-state index is 0.000633. The molecule has 0 aromatic heterocycles. The number of likely N-dealkylation sites (tertiary alicyclic amines) is 1. The van der Waals surface area contributed by atoms with Crippen LogP contribution in [0, 0.1) is 11.3 Å². The Morgan fingerprint density at radius 2 is 2.11 bits per heavy atom. The van der Waals surface area contributed by atoms with Crippen molar-refractivity contribution < 1.29 is 24.4 Å². The third-order valence-corrected chi connectivity index (χ3v) is 9.20. The minimum atomic E-state index is -0.893. The molecule has 1 aromatic carbocycles. The molecule has 4 fully saturated rings. The molecule has 4 aliphatic carbocycles. The molecule has 6 heteroatoms.